The molecule has 0 spiro atoms. The van der Waals surface area contributed by atoms with E-state index >= 15 is 0 Å². The van der Waals surface area contributed by atoms with Gasteiger partial charge >= 0.3 is 0 Å². The first kappa shape index (κ1) is 17.4. The van der Waals surface area contributed by atoms with E-state index in [0.29, 0.717) is 18.8 Å². The average molecular weight is 315 g/mol. The number of rotatable bonds is 7. The van der Waals surface area contributed by atoms with E-state index in [4.69, 9.17) is 0 Å². The van der Waals surface area contributed by atoms with Gasteiger partial charge in [0, 0.05) is 25.2 Å². The lowest BCUT2D eigenvalue weighted by Crippen LogP contribution is -2.36. The summed E-state index contributed by atoms with van der Waals surface area (Å²) in [5, 5.41) is 14.0. The Morgan fingerprint density at radius 3 is 2.38 bits per heavy atom. The minimum atomic E-state index is -3.74. The number of sulfonamides is 1. The standard InChI is InChI=1S/C13H21N3O4S/c1-5-14-12-8-7-11(9-13(12)16(17)18)21(19,20)15(6-2)10(3)4/h7-10,14H,5-6H2,1-4H3. The number of nitrogens with zero attached hydrogens (tertiary/aromatic N) is 2. The normalized spacial score (nSPS) is 11.9. The third-order valence-corrected chi connectivity index (χ3v) is 5.17. The number of anilines is 1. The van der Waals surface area contributed by atoms with Gasteiger partial charge in [0.1, 0.15) is 5.69 Å². The first-order valence-electron chi connectivity index (χ1n) is 6.79. The Hall–Kier alpha value is -1.67. The molecule has 0 amide bonds. The van der Waals surface area contributed by atoms with Crippen molar-refractivity contribution in [2.75, 3.05) is 18.4 Å². The predicted molar refractivity (Wildman–Crippen MR) is 82.0 cm³/mol. The minimum absolute atomic E-state index is 0.0635. The fraction of sp³-hybridized carbons (Fsp3) is 0.538. The molecule has 118 valence electrons. The van der Waals surface area contributed by atoms with E-state index in [1.54, 1.807) is 20.8 Å². The Kier molecular flexibility index (Phi) is 5.68. The first-order valence-corrected chi connectivity index (χ1v) is 8.23. The smallest absolute Gasteiger partial charge is 0.293 e. The second-order valence-electron chi connectivity index (χ2n) is 4.77. The minimum Gasteiger partial charge on any atom is -0.380 e. The summed E-state index contributed by atoms with van der Waals surface area (Å²) in [6.07, 6.45) is 0. The van der Waals surface area contributed by atoms with Crippen molar-refractivity contribution in [3.8, 4) is 0 Å². The molecule has 0 bridgehead atoms. The molecule has 0 saturated carbocycles. The summed E-state index contributed by atoms with van der Waals surface area (Å²) in [6, 6.07) is 3.72. The van der Waals surface area contributed by atoms with Gasteiger partial charge in [-0.1, -0.05) is 6.92 Å². The number of hydrogen-bond donors (Lipinski definition) is 1. The van der Waals surface area contributed by atoms with Crippen molar-refractivity contribution < 1.29 is 13.3 Å². The summed E-state index contributed by atoms with van der Waals surface area (Å²) in [5.41, 5.74) is 0.0757. The maximum Gasteiger partial charge on any atom is 0.293 e. The fourth-order valence-corrected chi connectivity index (χ4v) is 3.78. The van der Waals surface area contributed by atoms with E-state index in [1.165, 1.54) is 16.4 Å². The van der Waals surface area contributed by atoms with Crippen LogP contribution in [0.1, 0.15) is 27.7 Å². The average Bonchev–Trinajstić information content (AvgIpc) is 2.38. The summed E-state index contributed by atoms with van der Waals surface area (Å²) in [5.74, 6) is 0. The van der Waals surface area contributed by atoms with Crippen molar-refractivity contribution in [3.05, 3.63) is 28.3 Å². The molecule has 0 atom stereocenters. The summed E-state index contributed by atoms with van der Waals surface area (Å²) in [6.45, 7) is 7.90. The Labute approximate surface area is 125 Å². The molecule has 0 fully saturated rings. The second kappa shape index (κ2) is 6.86. The van der Waals surface area contributed by atoms with Crippen LogP contribution in [0.5, 0.6) is 0 Å². The van der Waals surface area contributed by atoms with Gasteiger partial charge in [0.25, 0.3) is 5.69 Å². The van der Waals surface area contributed by atoms with Crippen LogP contribution in [0.4, 0.5) is 11.4 Å². The molecule has 0 aliphatic rings. The van der Waals surface area contributed by atoms with Crippen LogP contribution in [0, 0.1) is 10.1 Å². The van der Waals surface area contributed by atoms with E-state index in [0.717, 1.165) is 6.07 Å². The fourth-order valence-electron chi connectivity index (χ4n) is 2.11. The molecule has 1 aromatic rings. The van der Waals surface area contributed by atoms with Gasteiger partial charge in [-0.2, -0.15) is 4.31 Å². The summed E-state index contributed by atoms with van der Waals surface area (Å²) >= 11 is 0. The molecule has 0 aliphatic heterocycles. The highest BCUT2D eigenvalue weighted by atomic mass is 32.2. The third-order valence-electron chi connectivity index (χ3n) is 3.03. The van der Waals surface area contributed by atoms with Crippen molar-refractivity contribution in [2.45, 2.75) is 38.6 Å². The molecule has 7 nitrogen and oxygen atoms in total. The summed E-state index contributed by atoms with van der Waals surface area (Å²) < 4.78 is 26.4. The Bertz CT molecular complexity index is 614. The van der Waals surface area contributed by atoms with Gasteiger partial charge in [0.05, 0.1) is 9.82 Å². The van der Waals surface area contributed by atoms with Gasteiger partial charge in [-0.3, -0.25) is 10.1 Å². The van der Waals surface area contributed by atoms with E-state index in [-0.39, 0.29) is 16.6 Å². The zero-order valence-electron chi connectivity index (χ0n) is 12.7. The largest absolute Gasteiger partial charge is 0.380 e. The Balaban J connectivity index is 3.38. The molecular formula is C13H21N3O4S. The Morgan fingerprint density at radius 2 is 1.95 bits per heavy atom. The van der Waals surface area contributed by atoms with Crippen molar-refractivity contribution >= 4 is 21.4 Å². The van der Waals surface area contributed by atoms with Crippen LogP contribution in [0.2, 0.25) is 0 Å². The number of nitrogens with one attached hydrogen (secondary N) is 1. The maximum absolute atomic E-state index is 12.5. The topological polar surface area (TPSA) is 92.6 Å². The zero-order chi connectivity index (χ0) is 16.2. The molecule has 21 heavy (non-hydrogen) atoms. The highest BCUT2D eigenvalue weighted by Crippen LogP contribution is 2.29. The van der Waals surface area contributed by atoms with E-state index in [1.807, 2.05) is 6.92 Å². The SMILES string of the molecule is CCNc1ccc(S(=O)(=O)N(CC)C(C)C)cc1[N+](=O)[O-]. The molecule has 1 N–H and O–H groups in total. The highest BCUT2D eigenvalue weighted by molar-refractivity contribution is 7.89. The molecule has 1 aromatic carbocycles. The van der Waals surface area contributed by atoms with Crippen LogP contribution < -0.4 is 5.32 Å². The van der Waals surface area contributed by atoms with E-state index in [2.05, 4.69) is 5.32 Å². The monoisotopic (exact) mass is 315 g/mol. The first-order chi connectivity index (χ1) is 9.75. The second-order valence-corrected chi connectivity index (χ2v) is 6.66. The van der Waals surface area contributed by atoms with Crippen molar-refractivity contribution in [2.24, 2.45) is 0 Å². The van der Waals surface area contributed by atoms with Gasteiger partial charge < -0.3 is 5.32 Å². The van der Waals surface area contributed by atoms with E-state index < -0.39 is 14.9 Å². The predicted octanol–water partition coefficient (Wildman–Crippen LogP) is 2.45. The molecule has 0 saturated heterocycles. The molecule has 0 aliphatic carbocycles. The number of nitro benzene ring substituents is 1. The molecule has 0 radical (unpaired) electrons. The van der Waals surface area contributed by atoms with Crippen LogP contribution >= 0.6 is 0 Å². The molecule has 1 rings (SSSR count). The summed E-state index contributed by atoms with van der Waals surface area (Å²) in [4.78, 5) is 10.5. The van der Waals surface area contributed by atoms with Gasteiger partial charge in [0.2, 0.25) is 10.0 Å². The maximum atomic E-state index is 12.5. The molecule has 0 unspecified atom stereocenters. The van der Waals surface area contributed by atoms with E-state index in [9.17, 15) is 18.5 Å². The molecule has 8 heteroatoms. The van der Waals surface area contributed by atoms with Crippen molar-refractivity contribution in [1.82, 2.24) is 4.31 Å². The lowest BCUT2D eigenvalue weighted by atomic mass is 10.2. The van der Waals surface area contributed by atoms with Crippen LogP contribution in [0.15, 0.2) is 23.1 Å². The number of nitro groups is 1. The van der Waals surface area contributed by atoms with Crippen molar-refractivity contribution in [1.29, 1.82) is 0 Å². The third kappa shape index (κ3) is 3.70. The lowest BCUT2D eigenvalue weighted by Gasteiger charge is -2.24. The number of benzene rings is 1. The summed E-state index contributed by atoms with van der Waals surface area (Å²) in [7, 11) is -3.74. The molecule has 0 heterocycles. The van der Waals surface area contributed by atoms with Crippen LogP contribution in [-0.2, 0) is 10.0 Å². The van der Waals surface area contributed by atoms with Gasteiger partial charge in [-0.05, 0) is 32.9 Å². The van der Waals surface area contributed by atoms with Crippen molar-refractivity contribution in [3.63, 3.8) is 0 Å². The van der Waals surface area contributed by atoms with Gasteiger partial charge in [-0.15, -0.1) is 0 Å². The zero-order valence-corrected chi connectivity index (χ0v) is 13.5. The quantitative estimate of drug-likeness (QED) is 0.616. The van der Waals surface area contributed by atoms with Crippen LogP contribution in [0.3, 0.4) is 0 Å². The molecular weight excluding hydrogens is 294 g/mol. The lowest BCUT2D eigenvalue weighted by molar-refractivity contribution is -0.384. The van der Waals surface area contributed by atoms with Crippen LogP contribution in [0.25, 0.3) is 0 Å². The Morgan fingerprint density at radius 1 is 1.33 bits per heavy atom. The highest BCUT2D eigenvalue weighted by Gasteiger charge is 2.28. The van der Waals surface area contributed by atoms with Gasteiger partial charge in [0.15, 0.2) is 0 Å². The van der Waals surface area contributed by atoms with Crippen LogP contribution in [-0.4, -0.2) is 36.8 Å². The molecule has 0 aromatic heterocycles. The van der Waals surface area contributed by atoms with Gasteiger partial charge in [-0.25, -0.2) is 8.42 Å². The number of hydrogen-bond acceptors (Lipinski definition) is 5.